The molecule has 0 aliphatic carbocycles. The first-order valence-corrected chi connectivity index (χ1v) is 6.43. The molecule has 7 nitrogen and oxygen atoms in total. The Labute approximate surface area is 125 Å². The zero-order chi connectivity index (χ0) is 15.5. The monoisotopic (exact) mass is 293 g/mol. The van der Waals surface area contributed by atoms with Crippen molar-refractivity contribution in [3.8, 4) is 22.4 Å². The van der Waals surface area contributed by atoms with E-state index in [0.29, 0.717) is 16.8 Å². The zero-order valence-electron chi connectivity index (χ0n) is 11.4. The number of nitrogen functional groups attached to an aromatic ring is 1. The Morgan fingerprint density at radius 1 is 1.09 bits per heavy atom. The van der Waals surface area contributed by atoms with E-state index < -0.39 is 4.92 Å². The molecule has 0 saturated carbocycles. The van der Waals surface area contributed by atoms with E-state index in [2.05, 4.69) is 15.0 Å². The standard InChI is InChI=1S/C15H11N5O2/c16-15-18-9-13(11-2-1-3-12(8-11)20(21)22)14(19-15)10-4-6-17-7-5-10/h1-9H,(H2,16,18,19). The SMILES string of the molecule is Nc1ncc(-c2cccc([N+](=O)[O-])c2)c(-c2ccncc2)n1. The van der Waals surface area contributed by atoms with E-state index in [9.17, 15) is 10.1 Å². The van der Waals surface area contributed by atoms with Crippen LogP contribution in [0.2, 0.25) is 0 Å². The minimum atomic E-state index is -0.437. The second-order valence-electron chi connectivity index (χ2n) is 4.53. The van der Waals surface area contributed by atoms with Gasteiger partial charge in [-0.2, -0.15) is 0 Å². The van der Waals surface area contributed by atoms with Crippen LogP contribution in [0, 0.1) is 10.1 Å². The first kappa shape index (κ1) is 13.6. The smallest absolute Gasteiger partial charge is 0.270 e. The fourth-order valence-electron chi connectivity index (χ4n) is 2.12. The minimum absolute atomic E-state index is 0.00926. The largest absolute Gasteiger partial charge is 0.368 e. The number of hydrogen-bond donors (Lipinski definition) is 1. The van der Waals surface area contributed by atoms with Crippen LogP contribution in [0.25, 0.3) is 22.4 Å². The summed E-state index contributed by atoms with van der Waals surface area (Å²) in [6.07, 6.45) is 4.85. The van der Waals surface area contributed by atoms with Gasteiger partial charge in [0, 0.05) is 41.9 Å². The van der Waals surface area contributed by atoms with Gasteiger partial charge < -0.3 is 5.73 Å². The highest BCUT2D eigenvalue weighted by Gasteiger charge is 2.13. The number of nitro groups is 1. The van der Waals surface area contributed by atoms with Crippen molar-refractivity contribution in [1.29, 1.82) is 0 Å². The molecule has 0 aliphatic rings. The molecule has 0 aliphatic heterocycles. The van der Waals surface area contributed by atoms with Gasteiger partial charge in [0.15, 0.2) is 0 Å². The topological polar surface area (TPSA) is 108 Å². The molecule has 22 heavy (non-hydrogen) atoms. The fourth-order valence-corrected chi connectivity index (χ4v) is 2.12. The summed E-state index contributed by atoms with van der Waals surface area (Å²) in [6, 6.07) is 9.91. The number of benzene rings is 1. The highest BCUT2D eigenvalue weighted by Crippen LogP contribution is 2.31. The Bertz CT molecular complexity index is 836. The summed E-state index contributed by atoms with van der Waals surface area (Å²) in [5.41, 5.74) is 8.43. The molecule has 108 valence electrons. The molecule has 0 atom stereocenters. The van der Waals surface area contributed by atoms with Gasteiger partial charge in [0.05, 0.1) is 10.6 Å². The summed E-state index contributed by atoms with van der Waals surface area (Å²) in [7, 11) is 0. The maximum Gasteiger partial charge on any atom is 0.270 e. The molecule has 3 rings (SSSR count). The molecule has 1 aromatic carbocycles. The second kappa shape index (κ2) is 5.57. The second-order valence-corrected chi connectivity index (χ2v) is 4.53. The Hall–Kier alpha value is -3.35. The van der Waals surface area contributed by atoms with Crippen molar-refractivity contribution in [3.63, 3.8) is 0 Å². The third-order valence-electron chi connectivity index (χ3n) is 3.13. The Morgan fingerprint density at radius 2 is 1.86 bits per heavy atom. The van der Waals surface area contributed by atoms with Gasteiger partial charge in [-0.05, 0) is 17.7 Å². The van der Waals surface area contributed by atoms with Crippen LogP contribution in [0.1, 0.15) is 0 Å². The summed E-state index contributed by atoms with van der Waals surface area (Å²) in [5.74, 6) is 0.140. The van der Waals surface area contributed by atoms with Gasteiger partial charge in [-0.1, -0.05) is 12.1 Å². The molecule has 2 aromatic heterocycles. The van der Waals surface area contributed by atoms with Crippen LogP contribution in [0.5, 0.6) is 0 Å². The van der Waals surface area contributed by atoms with Crippen LogP contribution in [-0.2, 0) is 0 Å². The van der Waals surface area contributed by atoms with Crippen LogP contribution in [0.4, 0.5) is 11.6 Å². The number of anilines is 1. The first-order chi connectivity index (χ1) is 10.6. The molecule has 0 bridgehead atoms. The van der Waals surface area contributed by atoms with Crippen molar-refractivity contribution < 1.29 is 4.92 Å². The number of nitro benzene ring substituents is 1. The highest BCUT2D eigenvalue weighted by molar-refractivity contribution is 5.81. The third kappa shape index (κ3) is 2.59. The van der Waals surface area contributed by atoms with E-state index in [1.54, 1.807) is 42.9 Å². The number of rotatable bonds is 3. The third-order valence-corrected chi connectivity index (χ3v) is 3.13. The Kier molecular flexibility index (Phi) is 3.45. The normalized spacial score (nSPS) is 10.4. The van der Waals surface area contributed by atoms with Gasteiger partial charge in [-0.15, -0.1) is 0 Å². The Morgan fingerprint density at radius 3 is 2.59 bits per heavy atom. The van der Waals surface area contributed by atoms with Crippen LogP contribution >= 0.6 is 0 Å². The van der Waals surface area contributed by atoms with E-state index in [1.165, 1.54) is 12.1 Å². The predicted octanol–water partition coefficient (Wildman–Crippen LogP) is 2.70. The molecular weight excluding hydrogens is 282 g/mol. The average molecular weight is 293 g/mol. The van der Waals surface area contributed by atoms with Crippen molar-refractivity contribution in [2.45, 2.75) is 0 Å². The van der Waals surface area contributed by atoms with Crippen LogP contribution < -0.4 is 5.73 Å². The number of aromatic nitrogens is 3. The van der Waals surface area contributed by atoms with Crippen molar-refractivity contribution in [1.82, 2.24) is 15.0 Å². The van der Waals surface area contributed by atoms with Gasteiger partial charge in [0.2, 0.25) is 5.95 Å². The van der Waals surface area contributed by atoms with Gasteiger partial charge in [0.25, 0.3) is 5.69 Å². The van der Waals surface area contributed by atoms with E-state index >= 15 is 0 Å². The van der Waals surface area contributed by atoms with Crippen LogP contribution in [0.3, 0.4) is 0 Å². The lowest BCUT2D eigenvalue weighted by Gasteiger charge is -2.09. The van der Waals surface area contributed by atoms with Gasteiger partial charge in [0.1, 0.15) is 0 Å². The average Bonchev–Trinajstić information content (AvgIpc) is 2.55. The maximum absolute atomic E-state index is 10.9. The van der Waals surface area contributed by atoms with Gasteiger partial charge in [-0.3, -0.25) is 15.1 Å². The Balaban J connectivity index is 2.19. The molecule has 0 radical (unpaired) electrons. The first-order valence-electron chi connectivity index (χ1n) is 6.43. The molecule has 0 unspecified atom stereocenters. The summed E-state index contributed by atoms with van der Waals surface area (Å²) < 4.78 is 0. The van der Waals surface area contributed by atoms with Crippen LogP contribution in [-0.4, -0.2) is 19.9 Å². The highest BCUT2D eigenvalue weighted by atomic mass is 16.6. The van der Waals surface area contributed by atoms with Crippen LogP contribution in [0.15, 0.2) is 55.0 Å². The van der Waals surface area contributed by atoms with Crippen molar-refractivity contribution in [2.75, 3.05) is 5.73 Å². The molecule has 0 amide bonds. The molecule has 0 fully saturated rings. The van der Waals surface area contributed by atoms with E-state index in [1.807, 2.05) is 0 Å². The number of pyridine rings is 1. The maximum atomic E-state index is 10.9. The van der Waals surface area contributed by atoms with Crippen molar-refractivity contribution in [3.05, 3.63) is 65.1 Å². The summed E-state index contributed by atoms with van der Waals surface area (Å²) in [6.45, 7) is 0. The molecule has 0 saturated heterocycles. The lowest BCUT2D eigenvalue weighted by atomic mass is 10.0. The number of nitrogens with two attached hydrogens (primary N) is 1. The quantitative estimate of drug-likeness (QED) is 0.587. The van der Waals surface area contributed by atoms with E-state index in [4.69, 9.17) is 5.73 Å². The van der Waals surface area contributed by atoms with E-state index in [-0.39, 0.29) is 11.6 Å². The summed E-state index contributed by atoms with van der Waals surface area (Å²) in [4.78, 5) is 22.7. The summed E-state index contributed by atoms with van der Waals surface area (Å²) >= 11 is 0. The molecule has 7 heteroatoms. The lowest BCUT2D eigenvalue weighted by molar-refractivity contribution is -0.384. The minimum Gasteiger partial charge on any atom is -0.368 e. The molecule has 3 aromatic rings. The molecule has 0 spiro atoms. The number of nitrogens with zero attached hydrogens (tertiary/aromatic N) is 4. The lowest BCUT2D eigenvalue weighted by Crippen LogP contribution is -1.99. The van der Waals surface area contributed by atoms with Crippen molar-refractivity contribution in [2.24, 2.45) is 0 Å². The van der Waals surface area contributed by atoms with E-state index in [0.717, 1.165) is 5.56 Å². The predicted molar refractivity (Wildman–Crippen MR) is 81.8 cm³/mol. The number of non-ortho nitro benzene ring substituents is 1. The number of hydrogen-bond acceptors (Lipinski definition) is 6. The van der Waals surface area contributed by atoms with Crippen molar-refractivity contribution >= 4 is 11.6 Å². The van der Waals surface area contributed by atoms with Gasteiger partial charge >= 0.3 is 0 Å². The molecule has 2 heterocycles. The zero-order valence-corrected chi connectivity index (χ0v) is 11.4. The molecular formula is C15H11N5O2. The molecule has 2 N–H and O–H groups in total. The van der Waals surface area contributed by atoms with Gasteiger partial charge in [-0.25, -0.2) is 9.97 Å². The fraction of sp³-hybridized carbons (Fsp3) is 0. The summed E-state index contributed by atoms with van der Waals surface area (Å²) in [5, 5.41) is 10.9.